The van der Waals surface area contributed by atoms with Gasteiger partial charge in [0.05, 0.1) is 7.11 Å². The topological polar surface area (TPSA) is 58.6 Å². The van der Waals surface area contributed by atoms with Crippen LogP contribution in [-0.2, 0) is 22.4 Å². The van der Waals surface area contributed by atoms with Crippen LogP contribution in [-0.4, -0.2) is 43.5 Å². The first-order chi connectivity index (χ1) is 13.5. The Hall–Kier alpha value is -2.89. The lowest BCUT2D eigenvalue weighted by Gasteiger charge is -2.21. The molecule has 0 unspecified atom stereocenters. The summed E-state index contributed by atoms with van der Waals surface area (Å²) < 4.78 is 18.8. The quantitative estimate of drug-likeness (QED) is 0.683. The number of ether oxygens (including phenoxy) is 1. The maximum absolute atomic E-state index is 13.7. The average Bonchev–Trinajstić information content (AvgIpc) is 2.69. The van der Waals surface area contributed by atoms with Gasteiger partial charge >= 0.3 is 0 Å². The van der Waals surface area contributed by atoms with Crippen molar-refractivity contribution in [1.82, 2.24) is 10.2 Å². The Bertz CT molecular complexity index is 778. The van der Waals surface area contributed by atoms with E-state index in [1.54, 1.807) is 30.2 Å². The molecule has 0 heterocycles. The number of carbonyl (C=O) groups is 2. The average molecular weight is 386 g/mol. The summed E-state index contributed by atoms with van der Waals surface area (Å²) >= 11 is 0. The van der Waals surface area contributed by atoms with Crippen molar-refractivity contribution in [2.24, 2.45) is 0 Å². The molecular formula is C22H27FN2O3. The molecule has 150 valence electrons. The van der Waals surface area contributed by atoms with Crippen molar-refractivity contribution in [3.63, 3.8) is 0 Å². The lowest BCUT2D eigenvalue weighted by atomic mass is 10.1. The Labute approximate surface area is 165 Å². The smallest absolute Gasteiger partial charge is 0.221 e. The molecule has 0 fully saturated rings. The van der Waals surface area contributed by atoms with Crippen molar-refractivity contribution in [2.75, 3.05) is 26.7 Å². The van der Waals surface area contributed by atoms with E-state index in [9.17, 15) is 14.0 Å². The number of halogens is 1. The van der Waals surface area contributed by atoms with Crippen LogP contribution < -0.4 is 10.1 Å². The fourth-order valence-corrected chi connectivity index (χ4v) is 2.85. The fraction of sp³-hybridized carbons (Fsp3) is 0.364. The number of nitrogens with one attached hydrogen (secondary N) is 1. The van der Waals surface area contributed by atoms with Crippen molar-refractivity contribution in [1.29, 1.82) is 0 Å². The molecule has 0 aliphatic heterocycles. The van der Waals surface area contributed by atoms with Gasteiger partial charge in [0.2, 0.25) is 11.8 Å². The van der Waals surface area contributed by atoms with Gasteiger partial charge in [0.25, 0.3) is 0 Å². The van der Waals surface area contributed by atoms with E-state index in [0.29, 0.717) is 31.6 Å². The maximum atomic E-state index is 13.7. The highest BCUT2D eigenvalue weighted by Crippen LogP contribution is 2.11. The summed E-state index contributed by atoms with van der Waals surface area (Å²) in [5, 5.41) is 2.87. The molecular weight excluding hydrogens is 359 g/mol. The normalized spacial score (nSPS) is 10.4. The zero-order chi connectivity index (χ0) is 20.4. The number of carbonyl (C=O) groups excluding carboxylic acids is 2. The first-order valence-electron chi connectivity index (χ1n) is 9.38. The molecule has 0 bridgehead atoms. The number of nitrogens with zero attached hydrogens (tertiary/aromatic N) is 1. The van der Waals surface area contributed by atoms with E-state index in [1.807, 2.05) is 24.3 Å². The van der Waals surface area contributed by atoms with Gasteiger partial charge < -0.3 is 15.0 Å². The zero-order valence-corrected chi connectivity index (χ0v) is 16.4. The summed E-state index contributed by atoms with van der Waals surface area (Å²) in [6.45, 7) is 2.69. The van der Waals surface area contributed by atoms with Gasteiger partial charge in [-0.25, -0.2) is 4.39 Å². The second kappa shape index (κ2) is 11.1. The van der Waals surface area contributed by atoms with Gasteiger partial charge in [-0.1, -0.05) is 30.3 Å². The maximum Gasteiger partial charge on any atom is 0.221 e. The van der Waals surface area contributed by atoms with Crippen LogP contribution in [0.2, 0.25) is 0 Å². The molecule has 0 radical (unpaired) electrons. The molecule has 0 spiro atoms. The number of rotatable bonds is 10. The van der Waals surface area contributed by atoms with Crippen LogP contribution >= 0.6 is 0 Å². The molecule has 0 saturated heterocycles. The summed E-state index contributed by atoms with van der Waals surface area (Å²) in [5.41, 5.74) is 1.68. The number of methoxy groups -OCH3 is 1. The molecule has 5 nitrogen and oxygen atoms in total. The predicted octanol–water partition coefficient (Wildman–Crippen LogP) is 2.97. The molecule has 0 aliphatic rings. The third kappa shape index (κ3) is 7.02. The molecule has 0 aromatic heterocycles. The number of benzene rings is 2. The van der Waals surface area contributed by atoms with E-state index in [1.165, 1.54) is 13.0 Å². The molecule has 0 atom stereocenters. The van der Waals surface area contributed by atoms with Gasteiger partial charge in [-0.2, -0.15) is 0 Å². The Balaban J connectivity index is 1.72. The summed E-state index contributed by atoms with van der Waals surface area (Å²) in [6.07, 6.45) is 1.37. The summed E-state index contributed by atoms with van der Waals surface area (Å²) in [6, 6.07) is 14.2. The molecule has 1 N–H and O–H groups in total. The highest BCUT2D eigenvalue weighted by atomic mass is 19.1. The first-order valence-corrected chi connectivity index (χ1v) is 9.38. The molecule has 2 amide bonds. The van der Waals surface area contributed by atoms with Crippen molar-refractivity contribution in [3.8, 4) is 5.75 Å². The molecule has 2 aromatic rings. The second-order valence-electron chi connectivity index (χ2n) is 6.55. The minimum atomic E-state index is -0.276. The van der Waals surface area contributed by atoms with E-state index in [4.69, 9.17) is 4.74 Å². The third-order valence-electron chi connectivity index (χ3n) is 4.56. The van der Waals surface area contributed by atoms with Crippen molar-refractivity contribution < 1.29 is 18.7 Å². The van der Waals surface area contributed by atoms with Crippen LogP contribution in [0.1, 0.15) is 24.5 Å². The number of amides is 2. The second-order valence-corrected chi connectivity index (χ2v) is 6.55. The van der Waals surface area contributed by atoms with E-state index in [-0.39, 0.29) is 24.1 Å². The van der Waals surface area contributed by atoms with Gasteiger partial charge in [-0.15, -0.1) is 0 Å². The molecule has 2 aromatic carbocycles. The molecule has 2 rings (SSSR count). The van der Waals surface area contributed by atoms with Crippen LogP contribution in [0.15, 0.2) is 48.5 Å². The van der Waals surface area contributed by atoms with Gasteiger partial charge in [-0.05, 0) is 42.2 Å². The molecule has 6 heteroatoms. The summed E-state index contributed by atoms with van der Waals surface area (Å²) in [7, 11) is 1.62. The lowest BCUT2D eigenvalue weighted by Crippen LogP contribution is -2.35. The van der Waals surface area contributed by atoms with Crippen LogP contribution in [0.5, 0.6) is 5.75 Å². The SMILES string of the molecule is COc1ccc(CCNC(=O)CCN(CCc2ccccc2F)C(C)=O)cc1. The minimum absolute atomic E-state index is 0.106. The van der Waals surface area contributed by atoms with Gasteiger partial charge in [0.15, 0.2) is 0 Å². The Morgan fingerprint density at radius 1 is 1.04 bits per heavy atom. The minimum Gasteiger partial charge on any atom is -0.497 e. The van der Waals surface area contributed by atoms with E-state index in [2.05, 4.69) is 5.32 Å². The molecule has 0 aliphatic carbocycles. The summed E-state index contributed by atoms with van der Waals surface area (Å²) in [4.78, 5) is 25.4. The Morgan fingerprint density at radius 2 is 1.75 bits per heavy atom. The van der Waals surface area contributed by atoms with Crippen molar-refractivity contribution in [3.05, 3.63) is 65.5 Å². The van der Waals surface area contributed by atoms with Crippen LogP contribution in [0.4, 0.5) is 4.39 Å². The number of hydrogen-bond acceptors (Lipinski definition) is 3. The summed E-state index contributed by atoms with van der Waals surface area (Å²) in [5.74, 6) is 0.294. The van der Waals surface area contributed by atoms with E-state index >= 15 is 0 Å². The highest BCUT2D eigenvalue weighted by Gasteiger charge is 2.12. The molecule has 0 saturated carbocycles. The van der Waals surface area contributed by atoms with Gasteiger partial charge in [-0.3, -0.25) is 9.59 Å². The van der Waals surface area contributed by atoms with E-state index < -0.39 is 0 Å². The third-order valence-corrected chi connectivity index (χ3v) is 4.56. The lowest BCUT2D eigenvalue weighted by molar-refractivity contribution is -0.129. The Kier molecular flexibility index (Phi) is 8.46. The standard InChI is InChI=1S/C22H27FN2O3/c1-17(26)25(15-12-19-5-3-4-6-21(19)23)16-13-22(27)24-14-11-18-7-9-20(28-2)10-8-18/h3-10H,11-16H2,1-2H3,(H,24,27). The largest absolute Gasteiger partial charge is 0.497 e. The highest BCUT2D eigenvalue weighted by molar-refractivity contribution is 5.78. The van der Waals surface area contributed by atoms with Crippen molar-refractivity contribution >= 4 is 11.8 Å². The number of hydrogen-bond donors (Lipinski definition) is 1. The predicted molar refractivity (Wildman–Crippen MR) is 107 cm³/mol. The Morgan fingerprint density at radius 3 is 2.39 bits per heavy atom. The van der Waals surface area contributed by atoms with Gasteiger partial charge in [0, 0.05) is 33.0 Å². The first kappa shape index (κ1) is 21.4. The van der Waals surface area contributed by atoms with Crippen LogP contribution in [0.3, 0.4) is 0 Å². The van der Waals surface area contributed by atoms with Crippen LogP contribution in [0.25, 0.3) is 0 Å². The monoisotopic (exact) mass is 386 g/mol. The van der Waals surface area contributed by atoms with Crippen LogP contribution in [0, 0.1) is 5.82 Å². The van der Waals surface area contributed by atoms with Gasteiger partial charge in [0.1, 0.15) is 11.6 Å². The zero-order valence-electron chi connectivity index (χ0n) is 16.4. The fourth-order valence-electron chi connectivity index (χ4n) is 2.85. The van der Waals surface area contributed by atoms with E-state index in [0.717, 1.165) is 17.7 Å². The van der Waals surface area contributed by atoms with Crippen molar-refractivity contribution in [2.45, 2.75) is 26.2 Å². The molecule has 28 heavy (non-hydrogen) atoms.